The largest absolute Gasteiger partial charge is 0.416 e. The number of anilines is 1. The van der Waals surface area contributed by atoms with E-state index in [0.29, 0.717) is 18.3 Å². The van der Waals surface area contributed by atoms with Gasteiger partial charge in [0.15, 0.2) is 0 Å². The van der Waals surface area contributed by atoms with E-state index in [1.165, 1.54) is 10.9 Å². The Bertz CT molecular complexity index is 784. The van der Waals surface area contributed by atoms with E-state index in [1.54, 1.807) is 0 Å². The van der Waals surface area contributed by atoms with Crippen molar-refractivity contribution in [1.29, 1.82) is 5.26 Å². The molecule has 0 bridgehead atoms. The highest BCUT2D eigenvalue weighted by atomic mass is 35.5. The third-order valence-electron chi connectivity index (χ3n) is 3.46. The van der Waals surface area contributed by atoms with Gasteiger partial charge in [-0.2, -0.15) is 23.5 Å². The van der Waals surface area contributed by atoms with Crippen LogP contribution in [0.15, 0.2) is 18.3 Å². The molecule has 1 aromatic heterocycles. The Hall–Kier alpha value is -1.91. The number of hydrogen-bond donors (Lipinski definition) is 1. The molecule has 1 N–H and O–H groups in total. The SMILES string of the molecule is CC(C)CCNc1c(C#N)cnn1-c1c(Cl)cc(C(F)(F)F)cc1Cl. The molecule has 0 spiro atoms. The van der Waals surface area contributed by atoms with Crippen molar-refractivity contribution in [1.82, 2.24) is 9.78 Å². The minimum Gasteiger partial charge on any atom is -0.369 e. The van der Waals surface area contributed by atoms with Gasteiger partial charge in [-0.25, -0.2) is 4.68 Å². The zero-order chi connectivity index (χ0) is 18.8. The minimum atomic E-state index is -4.56. The number of aromatic nitrogens is 2. The van der Waals surface area contributed by atoms with Crippen LogP contribution in [0.5, 0.6) is 0 Å². The van der Waals surface area contributed by atoms with Crippen molar-refractivity contribution in [3.63, 3.8) is 0 Å². The Morgan fingerprint density at radius 1 is 1.28 bits per heavy atom. The monoisotopic (exact) mass is 390 g/mol. The van der Waals surface area contributed by atoms with Gasteiger partial charge in [-0.1, -0.05) is 37.0 Å². The van der Waals surface area contributed by atoms with Gasteiger partial charge in [-0.3, -0.25) is 0 Å². The Kier molecular flexibility index (Phi) is 5.86. The van der Waals surface area contributed by atoms with E-state index in [-0.39, 0.29) is 21.3 Å². The zero-order valence-electron chi connectivity index (χ0n) is 13.5. The van der Waals surface area contributed by atoms with E-state index in [2.05, 4.69) is 10.4 Å². The lowest BCUT2D eigenvalue weighted by Crippen LogP contribution is -2.12. The smallest absolute Gasteiger partial charge is 0.369 e. The first kappa shape index (κ1) is 19.4. The summed E-state index contributed by atoms with van der Waals surface area (Å²) in [7, 11) is 0. The fourth-order valence-corrected chi connectivity index (χ4v) is 2.83. The van der Waals surface area contributed by atoms with Crippen molar-refractivity contribution in [3.05, 3.63) is 39.5 Å². The van der Waals surface area contributed by atoms with E-state index in [4.69, 9.17) is 23.2 Å². The van der Waals surface area contributed by atoms with Crippen LogP contribution in [0.4, 0.5) is 19.0 Å². The van der Waals surface area contributed by atoms with E-state index < -0.39 is 11.7 Å². The van der Waals surface area contributed by atoms with Gasteiger partial charge in [0.2, 0.25) is 0 Å². The molecule has 1 aromatic carbocycles. The van der Waals surface area contributed by atoms with Crippen molar-refractivity contribution in [2.45, 2.75) is 26.4 Å². The maximum absolute atomic E-state index is 12.9. The lowest BCUT2D eigenvalue weighted by atomic mass is 10.1. The molecular formula is C16H15Cl2F3N4. The van der Waals surface area contributed by atoms with E-state index in [9.17, 15) is 18.4 Å². The highest BCUT2D eigenvalue weighted by Gasteiger charge is 2.32. The van der Waals surface area contributed by atoms with Crippen LogP contribution >= 0.6 is 23.2 Å². The molecule has 2 aromatic rings. The molecular weight excluding hydrogens is 376 g/mol. The molecule has 4 nitrogen and oxygen atoms in total. The average Bonchev–Trinajstić information content (AvgIpc) is 2.88. The lowest BCUT2D eigenvalue weighted by molar-refractivity contribution is -0.137. The first-order valence-electron chi connectivity index (χ1n) is 7.43. The predicted molar refractivity (Wildman–Crippen MR) is 91.2 cm³/mol. The van der Waals surface area contributed by atoms with E-state index >= 15 is 0 Å². The number of nitrogens with zero attached hydrogens (tertiary/aromatic N) is 3. The number of halogens is 5. The average molecular weight is 391 g/mol. The molecule has 25 heavy (non-hydrogen) atoms. The molecule has 0 saturated heterocycles. The summed E-state index contributed by atoms with van der Waals surface area (Å²) >= 11 is 12.1. The summed E-state index contributed by atoms with van der Waals surface area (Å²) in [5.74, 6) is 0.777. The van der Waals surface area contributed by atoms with Gasteiger partial charge in [0, 0.05) is 6.54 Å². The molecule has 0 aliphatic heterocycles. The molecule has 0 saturated carbocycles. The van der Waals surface area contributed by atoms with E-state index in [1.807, 2.05) is 19.9 Å². The normalized spacial score (nSPS) is 11.6. The molecule has 0 atom stereocenters. The van der Waals surface area contributed by atoms with Gasteiger partial charge in [-0.05, 0) is 24.5 Å². The van der Waals surface area contributed by atoms with Crippen LogP contribution in [0.1, 0.15) is 31.4 Å². The molecule has 9 heteroatoms. The van der Waals surface area contributed by atoms with Crippen LogP contribution in [0.2, 0.25) is 10.0 Å². The zero-order valence-corrected chi connectivity index (χ0v) is 15.0. The third-order valence-corrected chi connectivity index (χ3v) is 4.04. The number of alkyl halides is 3. The summed E-state index contributed by atoms with van der Waals surface area (Å²) in [4.78, 5) is 0. The fraction of sp³-hybridized carbons (Fsp3) is 0.375. The summed E-state index contributed by atoms with van der Waals surface area (Å²) in [6, 6.07) is 3.56. The second-order valence-corrected chi connectivity index (χ2v) is 6.64. The van der Waals surface area contributed by atoms with Gasteiger partial charge in [0.05, 0.1) is 21.8 Å². The van der Waals surface area contributed by atoms with Crippen molar-refractivity contribution < 1.29 is 13.2 Å². The third kappa shape index (κ3) is 4.39. The molecule has 0 aliphatic carbocycles. The van der Waals surface area contributed by atoms with E-state index in [0.717, 1.165) is 18.6 Å². The number of rotatable bonds is 5. The first-order valence-corrected chi connectivity index (χ1v) is 8.19. The fourth-order valence-electron chi connectivity index (χ4n) is 2.18. The summed E-state index contributed by atoms with van der Waals surface area (Å²) in [6.07, 6.45) is -2.42. The Balaban J connectivity index is 2.49. The van der Waals surface area contributed by atoms with Gasteiger partial charge in [-0.15, -0.1) is 0 Å². The highest BCUT2D eigenvalue weighted by Crippen LogP contribution is 2.38. The number of benzene rings is 1. The Morgan fingerprint density at radius 2 is 1.88 bits per heavy atom. The van der Waals surface area contributed by atoms with Gasteiger partial charge >= 0.3 is 6.18 Å². The molecule has 0 radical (unpaired) electrons. The lowest BCUT2D eigenvalue weighted by Gasteiger charge is -2.15. The second-order valence-electron chi connectivity index (χ2n) is 5.83. The van der Waals surface area contributed by atoms with Crippen LogP contribution < -0.4 is 5.32 Å². The van der Waals surface area contributed by atoms with Crippen LogP contribution in [-0.2, 0) is 6.18 Å². The highest BCUT2D eigenvalue weighted by molar-refractivity contribution is 6.38. The summed E-state index contributed by atoms with van der Waals surface area (Å²) in [6.45, 7) is 4.66. The van der Waals surface area contributed by atoms with Crippen LogP contribution in [-0.4, -0.2) is 16.3 Å². The maximum atomic E-state index is 12.9. The van der Waals surface area contributed by atoms with Crippen LogP contribution in [0.3, 0.4) is 0 Å². The maximum Gasteiger partial charge on any atom is 0.416 e. The summed E-state index contributed by atoms with van der Waals surface area (Å²) < 4.78 is 39.9. The van der Waals surface area contributed by atoms with Crippen molar-refractivity contribution in [2.75, 3.05) is 11.9 Å². The Labute approximate surface area is 153 Å². The summed E-state index contributed by atoms with van der Waals surface area (Å²) in [5.41, 5.74) is -0.617. The molecule has 0 unspecified atom stereocenters. The minimum absolute atomic E-state index is 0.0879. The van der Waals surface area contributed by atoms with Crippen molar-refractivity contribution in [3.8, 4) is 11.8 Å². The predicted octanol–water partition coefficient (Wildman–Crippen LogP) is 5.53. The number of hydrogen-bond acceptors (Lipinski definition) is 3. The van der Waals surface area contributed by atoms with Crippen LogP contribution in [0, 0.1) is 17.2 Å². The molecule has 0 amide bonds. The quantitative estimate of drug-likeness (QED) is 0.730. The molecule has 2 rings (SSSR count). The van der Waals surface area contributed by atoms with Crippen LogP contribution in [0.25, 0.3) is 5.69 Å². The molecule has 134 valence electrons. The summed E-state index contributed by atoms with van der Waals surface area (Å²) in [5, 5.41) is 15.9. The van der Waals surface area contributed by atoms with Gasteiger partial charge < -0.3 is 5.32 Å². The van der Waals surface area contributed by atoms with Gasteiger partial charge in [0.1, 0.15) is 23.1 Å². The first-order chi connectivity index (χ1) is 11.6. The second kappa shape index (κ2) is 7.54. The standard InChI is InChI=1S/C16H15Cl2F3N4/c1-9(2)3-4-23-15-10(7-22)8-24-25(15)14-12(17)5-11(6-13(14)18)16(19,20)21/h5-6,8-9,23H,3-4H2,1-2H3. The number of nitrogens with one attached hydrogen (secondary N) is 1. The molecule has 1 heterocycles. The molecule has 0 aliphatic rings. The number of nitriles is 1. The molecule has 0 fully saturated rings. The topological polar surface area (TPSA) is 53.6 Å². The van der Waals surface area contributed by atoms with Crippen molar-refractivity contribution >= 4 is 29.0 Å². The van der Waals surface area contributed by atoms with Gasteiger partial charge in [0.25, 0.3) is 0 Å². The Morgan fingerprint density at radius 3 is 2.36 bits per heavy atom. The van der Waals surface area contributed by atoms with Crippen molar-refractivity contribution in [2.24, 2.45) is 5.92 Å².